The molecule has 7 nitrogen and oxygen atoms in total. The molecular formula is C24H31N3O4. The van der Waals surface area contributed by atoms with Crippen LogP contribution in [0, 0.1) is 0 Å². The van der Waals surface area contributed by atoms with Gasteiger partial charge in [0.05, 0.1) is 11.6 Å². The summed E-state index contributed by atoms with van der Waals surface area (Å²) in [5.74, 6) is -0.366. The number of fused-ring (bicyclic) bond motifs is 1. The molecule has 7 heteroatoms. The summed E-state index contributed by atoms with van der Waals surface area (Å²) >= 11 is 0. The van der Waals surface area contributed by atoms with Gasteiger partial charge in [0, 0.05) is 38.3 Å². The smallest absolute Gasteiger partial charge is 0.229 e. The molecule has 4 amide bonds. The third kappa shape index (κ3) is 4.50. The number of carbonyl (C=O) groups excluding carboxylic acids is 4. The minimum Gasteiger partial charge on any atom is -0.349 e. The Morgan fingerprint density at radius 2 is 1.77 bits per heavy atom. The van der Waals surface area contributed by atoms with E-state index in [0.717, 1.165) is 24.8 Å². The van der Waals surface area contributed by atoms with E-state index in [1.54, 1.807) is 0 Å². The third-order valence-corrected chi connectivity index (χ3v) is 6.97. The van der Waals surface area contributed by atoms with Gasteiger partial charge >= 0.3 is 0 Å². The first-order valence-corrected chi connectivity index (χ1v) is 11.4. The third-order valence-electron chi connectivity index (χ3n) is 6.97. The fraction of sp³-hybridized carbons (Fsp3) is 0.583. The van der Waals surface area contributed by atoms with Gasteiger partial charge in [-0.25, -0.2) is 0 Å². The monoisotopic (exact) mass is 425 g/mol. The molecule has 3 atom stereocenters. The van der Waals surface area contributed by atoms with Crippen LogP contribution in [0.4, 0.5) is 0 Å². The Kier molecular flexibility index (Phi) is 6.12. The second-order valence-electron chi connectivity index (χ2n) is 9.27. The molecule has 3 aliphatic rings. The van der Waals surface area contributed by atoms with Crippen molar-refractivity contribution in [3.05, 3.63) is 35.9 Å². The number of benzene rings is 1. The summed E-state index contributed by atoms with van der Waals surface area (Å²) in [6.45, 7) is 2.19. The largest absolute Gasteiger partial charge is 0.349 e. The lowest BCUT2D eigenvalue weighted by Crippen LogP contribution is -2.54. The molecule has 1 aromatic carbocycles. The Balaban J connectivity index is 1.54. The number of hydrogen-bond donors (Lipinski definition) is 1. The Morgan fingerprint density at radius 1 is 1.06 bits per heavy atom. The maximum absolute atomic E-state index is 13.5. The normalized spacial score (nSPS) is 28.9. The number of amides is 4. The fourth-order valence-corrected chi connectivity index (χ4v) is 5.53. The van der Waals surface area contributed by atoms with Crippen LogP contribution >= 0.6 is 0 Å². The van der Waals surface area contributed by atoms with Crippen molar-refractivity contribution in [2.75, 3.05) is 6.54 Å². The predicted octanol–water partition coefficient (Wildman–Crippen LogP) is 2.19. The summed E-state index contributed by atoms with van der Waals surface area (Å²) in [5, 5.41) is 3.19. The maximum Gasteiger partial charge on any atom is 0.229 e. The van der Waals surface area contributed by atoms with Gasteiger partial charge in [0.15, 0.2) is 0 Å². The molecule has 0 saturated carbocycles. The van der Waals surface area contributed by atoms with Crippen LogP contribution in [-0.2, 0) is 25.6 Å². The van der Waals surface area contributed by atoms with Crippen molar-refractivity contribution in [3.63, 3.8) is 0 Å². The van der Waals surface area contributed by atoms with Crippen LogP contribution in [0.1, 0.15) is 63.9 Å². The Hall–Kier alpha value is -2.70. The minimum atomic E-state index is -0.459. The lowest BCUT2D eigenvalue weighted by molar-refractivity contribution is -0.148. The molecule has 3 aliphatic heterocycles. The topological polar surface area (TPSA) is 86.8 Å². The van der Waals surface area contributed by atoms with Crippen molar-refractivity contribution >= 4 is 23.6 Å². The molecule has 4 rings (SSSR count). The van der Waals surface area contributed by atoms with Crippen molar-refractivity contribution in [1.82, 2.24) is 15.1 Å². The molecule has 0 bridgehead atoms. The van der Waals surface area contributed by atoms with Crippen LogP contribution in [-0.4, -0.2) is 57.6 Å². The molecule has 166 valence electrons. The van der Waals surface area contributed by atoms with Crippen molar-refractivity contribution in [1.29, 1.82) is 0 Å². The van der Waals surface area contributed by atoms with Gasteiger partial charge in [0.25, 0.3) is 0 Å². The highest BCUT2D eigenvalue weighted by molar-refractivity contribution is 5.97. The number of hydrogen-bond acceptors (Lipinski definition) is 4. The second kappa shape index (κ2) is 8.81. The SMILES string of the molecule is C[C@]12C[C@@H](Cc3ccccc3)N(C(=O)CCN3C(=O)CCCC3=O)[C@H]1CCCC(=O)N2. The first kappa shape index (κ1) is 21.5. The molecule has 3 heterocycles. The van der Waals surface area contributed by atoms with Crippen LogP contribution in [0.5, 0.6) is 0 Å². The lowest BCUT2D eigenvalue weighted by Gasteiger charge is -2.36. The van der Waals surface area contributed by atoms with Gasteiger partial charge in [-0.1, -0.05) is 30.3 Å². The number of likely N-dealkylation sites (tertiary alicyclic amines) is 2. The maximum atomic E-state index is 13.5. The average Bonchev–Trinajstić information content (AvgIpc) is 2.89. The first-order chi connectivity index (χ1) is 14.9. The zero-order chi connectivity index (χ0) is 22.0. The Bertz CT molecular complexity index is 855. The van der Waals surface area contributed by atoms with Crippen molar-refractivity contribution in [3.8, 4) is 0 Å². The van der Waals surface area contributed by atoms with Crippen LogP contribution in [0.15, 0.2) is 30.3 Å². The number of nitrogens with zero attached hydrogens (tertiary/aromatic N) is 2. The van der Waals surface area contributed by atoms with Gasteiger partial charge in [-0.2, -0.15) is 0 Å². The number of carbonyl (C=O) groups is 4. The van der Waals surface area contributed by atoms with Gasteiger partial charge in [0.2, 0.25) is 23.6 Å². The summed E-state index contributed by atoms with van der Waals surface area (Å²) in [5.41, 5.74) is 0.692. The molecular weight excluding hydrogens is 394 g/mol. The van der Waals surface area contributed by atoms with Crippen molar-refractivity contribution in [2.45, 2.75) is 82.3 Å². The summed E-state index contributed by atoms with van der Waals surface area (Å²) in [6.07, 6.45) is 4.87. The van der Waals surface area contributed by atoms with E-state index < -0.39 is 5.54 Å². The first-order valence-electron chi connectivity index (χ1n) is 11.4. The average molecular weight is 426 g/mol. The zero-order valence-corrected chi connectivity index (χ0v) is 18.1. The number of nitrogens with one attached hydrogen (secondary N) is 1. The van der Waals surface area contributed by atoms with Crippen LogP contribution in [0.3, 0.4) is 0 Å². The summed E-state index contributed by atoms with van der Waals surface area (Å²) < 4.78 is 0. The second-order valence-corrected chi connectivity index (χ2v) is 9.27. The standard InChI is InChI=1S/C24H31N3O4/c1-24-16-18(15-17-7-3-2-4-8-17)27(19(24)9-5-10-20(28)25-24)23(31)13-14-26-21(29)11-6-12-22(26)30/h2-4,7-8,18-19H,5-6,9-16H2,1H3,(H,25,28)/t18-,19+,24+/m1/s1. The van der Waals surface area contributed by atoms with E-state index in [0.29, 0.717) is 32.1 Å². The molecule has 0 aromatic heterocycles. The lowest BCUT2D eigenvalue weighted by atomic mass is 9.88. The van der Waals surface area contributed by atoms with E-state index in [4.69, 9.17) is 0 Å². The fourth-order valence-electron chi connectivity index (χ4n) is 5.53. The van der Waals surface area contributed by atoms with Gasteiger partial charge in [-0.3, -0.25) is 24.1 Å². The molecule has 0 radical (unpaired) electrons. The molecule has 1 aromatic rings. The van der Waals surface area contributed by atoms with Crippen molar-refractivity contribution < 1.29 is 19.2 Å². The Labute approximate surface area is 183 Å². The summed E-state index contributed by atoms with van der Waals surface area (Å²) in [4.78, 5) is 53.2. The molecule has 3 saturated heterocycles. The highest BCUT2D eigenvalue weighted by Gasteiger charge is 2.52. The molecule has 3 fully saturated rings. The quantitative estimate of drug-likeness (QED) is 0.733. The molecule has 31 heavy (non-hydrogen) atoms. The van der Waals surface area contributed by atoms with E-state index in [-0.39, 0.29) is 48.7 Å². The van der Waals surface area contributed by atoms with E-state index in [1.165, 1.54) is 4.90 Å². The number of piperidine rings is 1. The van der Waals surface area contributed by atoms with Gasteiger partial charge in [-0.15, -0.1) is 0 Å². The van der Waals surface area contributed by atoms with Gasteiger partial charge in [-0.05, 0) is 44.6 Å². The summed E-state index contributed by atoms with van der Waals surface area (Å²) in [7, 11) is 0. The van der Waals surface area contributed by atoms with Gasteiger partial charge < -0.3 is 10.2 Å². The van der Waals surface area contributed by atoms with E-state index in [2.05, 4.69) is 17.4 Å². The van der Waals surface area contributed by atoms with Crippen LogP contribution in [0.25, 0.3) is 0 Å². The molecule has 0 aliphatic carbocycles. The molecule has 1 N–H and O–H groups in total. The highest BCUT2D eigenvalue weighted by atomic mass is 16.2. The molecule has 0 unspecified atom stereocenters. The number of imide groups is 1. The van der Waals surface area contributed by atoms with E-state index in [1.807, 2.05) is 30.0 Å². The summed E-state index contributed by atoms with van der Waals surface area (Å²) in [6, 6.07) is 9.96. The van der Waals surface area contributed by atoms with Gasteiger partial charge in [0.1, 0.15) is 0 Å². The number of rotatable bonds is 5. The Morgan fingerprint density at radius 3 is 2.48 bits per heavy atom. The van der Waals surface area contributed by atoms with E-state index >= 15 is 0 Å². The van der Waals surface area contributed by atoms with E-state index in [9.17, 15) is 19.2 Å². The molecule has 0 spiro atoms. The predicted molar refractivity (Wildman–Crippen MR) is 115 cm³/mol. The van der Waals surface area contributed by atoms with Crippen LogP contribution in [0.2, 0.25) is 0 Å². The minimum absolute atomic E-state index is 0.0314. The zero-order valence-electron chi connectivity index (χ0n) is 18.1. The van der Waals surface area contributed by atoms with Crippen LogP contribution < -0.4 is 5.32 Å². The van der Waals surface area contributed by atoms with Crippen molar-refractivity contribution in [2.24, 2.45) is 0 Å². The highest BCUT2D eigenvalue weighted by Crippen LogP contribution is 2.39.